The van der Waals surface area contributed by atoms with Crippen LogP contribution in [0.15, 0.2) is 77.4 Å². The Morgan fingerprint density at radius 1 is 0.923 bits per heavy atom. The van der Waals surface area contributed by atoms with Crippen molar-refractivity contribution >= 4 is 17.7 Å². The van der Waals surface area contributed by atoms with Crippen LogP contribution in [-0.4, -0.2) is 39.6 Å². The van der Waals surface area contributed by atoms with E-state index in [-0.39, 0.29) is 19.0 Å². The van der Waals surface area contributed by atoms with Gasteiger partial charge in [0.2, 0.25) is 17.7 Å². The van der Waals surface area contributed by atoms with E-state index >= 15 is 0 Å². The Kier molecular flexibility index (Phi) is 6.10. The van der Waals surface area contributed by atoms with Crippen LogP contribution in [-0.2, 0) is 33.6 Å². The number of hydrogen-bond donors (Lipinski definition) is 1. The van der Waals surface area contributed by atoms with Crippen molar-refractivity contribution in [3.8, 4) is 0 Å². The standard InChI is InChI=1S/C29H26F3N3O4/c30-29(31,32)20-11-9-19(10-12-20)24-22-23(26(37)35(25(22)36)16-18-6-2-1-3-7-18)28(33-24)13-5-14-34(27(28)38)17-21-8-4-15-39-21/h1-4,6-12,15,22-24,33H,5,13-14,16-17H2/t22-,23-,24-,28-/m1/s1. The summed E-state index contributed by atoms with van der Waals surface area (Å²) in [4.78, 5) is 44.7. The number of nitrogens with zero attached hydrogens (tertiary/aromatic N) is 2. The summed E-state index contributed by atoms with van der Waals surface area (Å²) in [5.41, 5.74) is -0.982. The van der Waals surface area contributed by atoms with E-state index < -0.39 is 47.0 Å². The van der Waals surface area contributed by atoms with Crippen molar-refractivity contribution in [1.82, 2.24) is 15.1 Å². The van der Waals surface area contributed by atoms with Gasteiger partial charge >= 0.3 is 6.18 Å². The Labute approximate surface area is 222 Å². The number of rotatable bonds is 5. The number of imide groups is 1. The topological polar surface area (TPSA) is 82.9 Å². The van der Waals surface area contributed by atoms with Crippen LogP contribution in [0.2, 0.25) is 0 Å². The first kappa shape index (κ1) is 25.4. The molecule has 1 spiro atoms. The van der Waals surface area contributed by atoms with Crippen LogP contribution in [0, 0.1) is 11.8 Å². The minimum atomic E-state index is -4.51. The van der Waals surface area contributed by atoms with Crippen LogP contribution in [0.5, 0.6) is 0 Å². The molecule has 10 heteroatoms. The monoisotopic (exact) mass is 537 g/mol. The molecule has 4 heterocycles. The second-order valence-corrected chi connectivity index (χ2v) is 10.4. The molecule has 3 saturated heterocycles. The normalized spacial score (nSPS) is 27.1. The molecule has 2 aromatic carbocycles. The fraction of sp³-hybridized carbons (Fsp3) is 0.345. The van der Waals surface area contributed by atoms with Gasteiger partial charge in [0.1, 0.15) is 11.3 Å². The molecule has 1 N–H and O–H groups in total. The van der Waals surface area contributed by atoms with Crippen LogP contribution in [0.4, 0.5) is 13.2 Å². The maximum absolute atomic E-state index is 14.1. The molecule has 3 aliphatic rings. The largest absolute Gasteiger partial charge is 0.467 e. The van der Waals surface area contributed by atoms with E-state index in [2.05, 4.69) is 5.32 Å². The number of nitrogens with one attached hydrogen (secondary N) is 1. The van der Waals surface area contributed by atoms with Gasteiger partial charge in [0.15, 0.2) is 0 Å². The highest BCUT2D eigenvalue weighted by Gasteiger charge is 2.69. The Morgan fingerprint density at radius 3 is 2.33 bits per heavy atom. The summed E-state index contributed by atoms with van der Waals surface area (Å²) < 4.78 is 45.2. The van der Waals surface area contributed by atoms with E-state index in [0.29, 0.717) is 30.7 Å². The predicted molar refractivity (Wildman–Crippen MR) is 132 cm³/mol. The molecule has 1 aromatic heterocycles. The van der Waals surface area contributed by atoms with Crippen molar-refractivity contribution in [2.45, 2.75) is 43.7 Å². The van der Waals surface area contributed by atoms with E-state index in [1.807, 2.05) is 30.3 Å². The molecule has 0 aliphatic carbocycles. The molecular formula is C29H26F3N3O4. The van der Waals surface area contributed by atoms with E-state index in [4.69, 9.17) is 4.42 Å². The summed E-state index contributed by atoms with van der Waals surface area (Å²) in [5.74, 6) is -2.49. The minimum Gasteiger partial charge on any atom is -0.467 e. The smallest absolute Gasteiger partial charge is 0.416 e. The van der Waals surface area contributed by atoms with Crippen LogP contribution in [0.25, 0.3) is 0 Å². The van der Waals surface area contributed by atoms with E-state index in [1.165, 1.54) is 23.3 Å². The zero-order valence-corrected chi connectivity index (χ0v) is 20.9. The van der Waals surface area contributed by atoms with Gasteiger partial charge in [0, 0.05) is 12.6 Å². The summed E-state index contributed by atoms with van der Waals surface area (Å²) in [7, 11) is 0. The molecule has 4 atom stereocenters. The highest BCUT2D eigenvalue weighted by atomic mass is 19.4. The summed E-state index contributed by atoms with van der Waals surface area (Å²) >= 11 is 0. The fourth-order valence-electron chi connectivity index (χ4n) is 6.36. The zero-order chi connectivity index (χ0) is 27.4. The van der Waals surface area contributed by atoms with E-state index in [1.54, 1.807) is 17.0 Å². The van der Waals surface area contributed by atoms with Gasteiger partial charge in [-0.15, -0.1) is 0 Å². The molecule has 3 amide bonds. The number of benzene rings is 2. The lowest BCUT2D eigenvalue weighted by Gasteiger charge is -2.42. The van der Waals surface area contributed by atoms with Gasteiger partial charge in [-0.1, -0.05) is 42.5 Å². The number of carbonyl (C=O) groups excluding carboxylic acids is 3. The second-order valence-electron chi connectivity index (χ2n) is 10.4. The Morgan fingerprint density at radius 2 is 1.67 bits per heavy atom. The number of piperidine rings is 1. The van der Waals surface area contributed by atoms with Crippen molar-refractivity contribution in [1.29, 1.82) is 0 Å². The number of carbonyl (C=O) groups is 3. The summed E-state index contributed by atoms with van der Waals surface area (Å²) in [6.45, 7) is 0.736. The highest BCUT2D eigenvalue weighted by Crippen LogP contribution is 2.52. The van der Waals surface area contributed by atoms with Gasteiger partial charge in [-0.25, -0.2) is 0 Å². The van der Waals surface area contributed by atoms with Gasteiger partial charge < -0.3 is 9.32 Å². The third kappa shape index (κ3) is 4.23. The quantitative estimate of drug-likeness (QED) is 0.491. The number of hydrogen-bond acceptors (Lipinski definition) is 5. The van der Waals surface area contributed by atoms with Gasteiger partial charge in [0.25, 0.3) is 0 Å². The van der Waals surface area contributed by atoms with Crippen LogP contribution in [0.1, 0.15) is 41.3 Å². The zero-order valence-electron chi connectivity index (χ0n) is 20.9. The number of amides is 3. The van der Waals surface area contributed by atoms with Gasteiger partial charge in [-0.2, -0.15) is 13.2 Å². The third-order valence-electron chi connectivity index (χ3n) is 8.12. The summed E-state index contributed by atoms with van der Waals surface area (Å²) in [6, 6.07) is 16.3. The highest BCUT2D eigenvalue weighted by molar-refractivity contribution is 6.10. The Balaban J connectivity index is 1.39. The molecule has 0 bridgehead atoms. The Bertz CT molecular complexity index is 1390. The number of furan rings is 1. The first-order chi connectivity index (χ1) is 18.7. The molecular weight excluding hydrogens is 511 g/mol. The molecule has 0 radical (unpaired) electrons. The van der Waals surface area contributed by atoms with Crippen LogP contribution < -0.4 is 5.32 Å². The SMILES string of the molecule is O=C1[C@H]2[C@@H](c3ccc(C(F)(F)F)cc3)N[C@]3(CCCN(Cc4ccco4)C3=O)[C@H]2C(=O)N1Cc1ccccc1. The maximum atomic E-state index is 14.1. The fourth-order valence-corrected chi connectivity index (χ4v) is 6.36. The molecule has 6 rings (SSSR count). The lowest BCUT2D eigenvalue weighted by atomic mass is 9.74. The first-order valence-electron chi connectivity index (χ1n) is 12.8. The van der Waals surface area contributed by atoms with Crippen molar-refractivity contribution in [2.75, 3.05) is 6.54 Å². The number of alkyl halides is 3. The predicted octanol–water partition coefficient (Wildman–Crippen LogP) is 4.31. The van der Waals surface area contributed by atoms with Crippen LogP contribution in [0.3, 0.4) is 0 Å². The lowest BCUT2D eigenvalue weighted by Crippen LogP contribution is -2.63. The maximum Gasteiger partial charge on any atom is 0.416 e. The van der Waals surface area contributed by atoms with E-state index in [9.17, 15) is 27.6 Å². The number of likely N-dealkylation sites (tertiary alicyclic amines) is 2. The van der Waals surface area contributed by atoms with Gasteiger partial charge in [0.05, 0.1) is 36.8 Å². The molecule has 3 aromatic rings. The molecule has 0 saturated carbocycles. The Hall–Kier alpha value is -3.92. The minimum absolute atomic E-state index is 0.0611. The van der Waals surface area contributed by atoms with Crippen LogP contribution >= 0.6 is 0 Å². The average Bonchev–Trinajstić information content (AvgIpc) is 3.61. The van der Waals surface area contributed by atoms with E-state index in [0.717, 1.165) is 17.7 Å². The summed E-state index contributed by atoms with van der Waals surface area (Å²) in [5, 5.41) is 3.32. The van der Waals surface area contributed by atoms with Gasteiger partial charge in [-0.05, 0) is 48.2 Å². The lowest BCUT2D eigenvalue weighted by molar-refractivity contribution is -0.150. The van der Waals surface area contributed by atoms with Crippen molar-refractivity contribution < 1.29 is 32.0 Å². The molecule has 7 nitrogen and oxygen atoms in total. The van der Waals surface area contributed by atoms with Crippen molar-refractivity contribution in [3.05, 3.63) is 95.4 Å². The average molecular weight is 538 g/mol. The molecule has 0 unspecified atom stereocenters. The third-order valence-corrected chi connectivity index (χ3v) is 8.12. The molecule has 3 fully saturated rings. The molecule has 39 heavy (non-hydrogen) atoms. The molecule has 202 valence electrons. The van der Waals surface area contributed by atoms with Gasteiger partial charge in [-0.3, -0.25) is 24.6 Å². The van der Waals surface area contributed by atoms with Crippen molar-refractivity contribution in [3.63, 3.8) is 0 Å². The second kappa shape index (κ2) is 9.37. The van der Waals surface area contributed by atoms with Crippen molar-refractivity contribution in [2.24, 2.45) is 11.8 Å². The first-order valence-corrected chi connectivity index (χ1v) is 12.8. The number of fused-ring (bicyclic) bond motifs is 2. The molecule has 3 aliphatic heterocycles. The number of halogens is 3. The summed E-state index contributed by atoms with van der Waals surface area (Å²) in [6.07, 6.45) is -2.08.